The van der Waals surface area contributed by atoms with Crippen molar-refractivity contribution in [2.24, 2.45) is 5.92 Å². The molecule has 21 heavy (non-hydrogen) atoms. The van der Waals surface area contributed by atoms with E-state index in [0.717, 1.165) is 6.42 Å². The van der Waals surface area contributed by atoms with Gasteiger partial charge in [0.25, 0.3) is 0 Å². The van der Waals surface area contributed by atoms with Gasteiger partial charge in [-0.2, -0.15) is 0 Å². The van der Waals surface area contributed by atoms with Gasteiger partial charge in [-0.1, -0.05) is 19.0 Å². The smallest absolute Gasteiger partial charge is 0.245 e. The lowest BCUT2D eigenvalue weighted by Gasteiger charge is -2.24. The van der Waals surface area contributed by atoms with Crippen molar-refractivity contribution in [2.75, 3.05) is 18.4 Å². The van der Waals surface area contributed by atoms with E-state index in [4.69, 9.17) is 16.1 Å². The molecule has 1 rings (SSSR count). The maximum Gasteiger partial charge on any atom is 0.245 e. The standard InChI is InChI=1S/C14H22ClN3O3/c1-9(2)5-6-18(14(20)11(4)15)8-13(19)16-12-7-10(3)21-17-12/h7,9,11H,5-6,8H2,1-4H3,(H,16,17,19). The maximum atomic E-state index is 12.0. The number of halogens is 1. The van der Waals surface area contributed by atoms with Crippen molar-refractivity contribution in [1.29, 1.82) is 0 Å². The summed E-state index contributed by atoms with van der Waals surface area (Å²) in [5.41, 5.74) is 0. The van der Waals surface area contributed by atoms with Crippen molar-refractivity contribution in [3.8, 4) is 0 Å². The molecule has 0 aliphatic rings. The van der Waals surface area contributed by atoms with E-state index < -0.39 is 5.38 Å². The van der Waals surface area contributed by atoms with Crippen LogP contribution in [0.4, 0.5) is 5.82 Å². The van der Waals surface area contributed by atoms with Crippen molar-refractivity contribution in [3.63, 3.8) is 0 Å². The molecule has 0 aromatic carbocycles. The number of anilines is 1. The third-order valence-electron chi connectivity index (χ3n) is 2.86. The van der Waals surface area contributed by atoms with Crippen LogP contribution in [0, 0.1) is 12.8 Å². The molecular formula is C14H22ClN3O3. The Morgan fingerprint density at radius 3 is 2.57 bits per heavy atom. The molecule has 6 nitrogen and oxygen atoms in total. The zero-order chi connectivity index (χ0) is 16.0. The van der Waals surface area contributed by atoms with Crippen LogP contribution in [0.3, 0.4) is 0 Å². The Kier molecular flexibility index (Phi) is 6.68. The number of carbonyl (C=O) groups is 2. The molecule has 0 aliphatic carbocycles. The first-order chi connectivity index (χ1) is 9.79. The Bertz CT molecular complexity index is 486. The highest BCUT2D eigenvalue weighted by atomic mass is 35.5. The lowest BCUT2D eigenvalue weighted by atomic mass is 10.1. The molecular weight excluding hydrogens is 294 g/mol. The highest BCUT2D eigenvalue weighted by Gasteiger charge is 2.21. The summed E-state index contributed by atoms with van der Waals surface area (Å²) in [4.78, 5) is 25.5. The van der Waals surface area contributed by atoms with E-state index in [1.165, 1.54) is 4.90 Å². The summed E-state index contributed by atoms with van der Waals surface area (Å²) in [5.74, 6) is 0.814. The molecule has 1 aromatic heterocycles. The second-order valence-electron chi connectivity index (χ2n) is 5.43. The first-order valence-electron chi connectivity index (χ1n) is 6.95. The SMILES string of the molecule is Cc1cc(NC(=O)CN(CCC(C)C)C(=O)C(C)Cl)no1. The minimum atomic E-state index is -0.653. The monoisotopic (exact) mass is 315 g/mol. The lowest BCUT2D eigenvalue weighted by Crippen LogP contribution is -2.42. The molecule has 1 unspecified atom stereocenters. The summed E-state index contributed by atoms with van der Waals surface area (Å²) < 4.78 is 4.87. The van der Waals surface area contributed by atoms with Crippen molar-refractivity contribution < 1.29 is 14.1 Å². The van der Waals surface area contributed by atoms with Gasteiger partial charge in [-0.15, -0.1) is 11.6 Å². The van der Waals surface area contributed by atoms with E-state index in [0.29, 0.717) is 24.0 Å². The Labute approximate surface area is 129 Å². The summed E-state index contributed by atoms with van der Waals surface area (Å²) in [6.07, 6.45) is 0.811. The Hall–Kier alpha value is -1.56. The summed E-state index contributed by atoms with van der Waals surface area (Å²) >= 11 is 5.84. The number of hydrogen-bond acceptors (Lipinski definition) is 4. The average molecular weight is 316 g/mol. The fourth-order valence-electron chi connectivity index (χ4n) is 1.71. The third kappa shape index (κ3) is 6.16. The Balaban J connectivity index is 2.61. The van der Waals surface area contributed by atoms with Gasteiger partial charge in [0, 0.05) is 12.6 Å². The van der Waals surface area contributed by atoms with Crippen LogP contribution in [-0.4, -0.2) is 40.3 Å². The van der Waals surface area contributed by atoms with Gasteiger partial charge in [0.05, 0.1) is 6.54 Å². The average Bonchev–Trinajstić information content (AvgIpc) is 2.78. The van der Waals surface area contributed by atoms with Crippen LogP contribution in [0.5, 0.6) is 0 Å². The van der Waals surface area contributed by atoms with E-state index in [1.807, 2.05) is 0 Å². The molecule has 0 radical (unpaired) electrons. The largest absolute Gasteiger partial charge is 0.360 e. The van der Waals surface area contributed by atoms with E-state index in [2.05, 4.69) is 24.3 Å². The highest BCUT2D eigenvalue weighted by Crippen LogP contribution is 2.09. The maximum absolute atomic E-state index is 12.0. The normalized spacial score (nSPS) is 12.3. The number of nitrogens with zero attached hydrogens (tertiary/aromatic N) is 2. The van der Waals surface area contributed by atoms with Gasteiger partial charge in [-0.3, -0.25) is 9.59 Å². The molecule has 0 spiro atoms. The second-order valence-corrected chi connectivity index (χ2v) is 6.08. The molecule has 0 bridgehead atoms. The highest BCUT2D eigenvalue weighted by molar-refractivity contribution is 6.30. The predicted octanol–water partition coefficient (Wildman–Crippen LogP) is 2.42. The predicted molar refractivity (Wildman–Crippen MR) is 81.2 cm³/mol. The third-order valence-corrected chi connectivity index (χ3v) is 3.04. The molecule has 1 aromatic rings. The topological polar surface area (TPSA) is 75.4 Å². The van der Waals surface area contributed by atoms with Gasteiger partial charge < -0.3 is 14.7 Å². The van der Waals surface area contributed by atoms with Crippen LogP contribution >= 0.6 is 11.6 Å². The molecule has 1 heterocycles. The van der Waals surface area contributed by atoms with Crippen LogP contribution in [0.15, 0.2) is 10.6 Å². The molecule has 0 aliphatic heterocycles. The molecule has 0 saturated carbocycles. The fourth-order valence-corrected chi connectivity index (χ4v) is 1.85. The minimum Gasteiger partial charge on any atom is -0.360 e. The number of aryl methyl sites for hydroxylation is 1. The number of amides is 2. The first kappa shape index (κ1) is 17.5. The van der Waals surface area contributed by atoms with E-state index in [1.54, 1.807) is 19.9 Å². The van der Waals surface area contributed by atoms with E-state index in [9.17, 15) is 9.59 Å². The molecule has 0 saturated heterocycles. The minimum absolute atomic E-state index is 0.0471. The zero-order valence-corrected chi connectivity index (χ0v) is 13.6. The fraction of sp³-hybridized carbons (Fsp3) is 0.643. The molecule has 118 valence electrons. The number of nitrogens with one attached hydrogen (secondary N) is 1. The van der Waals surface area contributed by atoms with Gasteiger partial charge in [0.1, 0.15) is 11.1 Å². The van der Waals surface area contributed by atoms with Crippen molar-refractivity contribution in [2.45, 2.75) is 39.5 Å². The summed E-state index contributed by atoms with van der Waals surface area (Å²) in [7, 11) is 0. The number of rotatable bonds is 7. The molecule has 0 fully saturated rings. The number of hydrogen-bond donors (Lipinski definition) is 1. The number of alkyl halides is 1. The van der Waals surface area contributed by atoms with Crippen LogP contribution < -0.4 is 5.32 Å². The van der Waals surface area contributed by atoms with Gasteiger partial charge in [0.2, 0.25) is 11.8 Å². The van der Waals surface area contributed by atoms with Crippen molar-refractivity contribution in [1.82, 2.24) is 10.1 Å². The van der Waals surface area contributed by atoms with Crippen LogP contribution in [0.25, 0.3) is 0 Å². The second kappa shape index (κ2) is 8.02. The van der Waals surface area contributed by atoms with Gasteiger partial charge in [0.15, 0.2) is 5.82 Å². The van der Waals surface area contributed by atoms with Crippen molar-refractivity contribution in [3.05, 3.63) is 11.8 Å². The quantitative estimate of drug-likeness (QED) is 0.784. The zero-order valence-electron chi connectivity index (χ0n) is 12.9. The summed E-state index contributed by atoms with van der Waals surface area (Å²) in [5, 5.41) is 5.62. The van der Waals surface area contributed by atoms with Crippen molar-refractivity contribution >= 4 is 29.2 Å². The summed E-state index contributed by atoms with van der Waals surface area (Å²) in [6.45, 7) is 7.91. The molecule has 1 atom stereocenters. The molecule has 1 N–H and O–H groups in total. The van der Waals surface area contributed by atoms with Crippen LogP contribution in [0.2, 0.25) is 0 Å². The summed E-state index contributed by atoms with van der Waals surface area (Å²) in [6, 6.07) is 1.61. The Morgan fingerprint density at radius 1 is 1.43 bits per heavy atom. The van der Waals surface area contributed by atoms with E-state index in [-0.39, 0.29) is 18.4 Å². The number of carbonyl (C=O) groups excluding carboxylic acids is 2. The first-order valence-corrected chi connectivity index (χ1v) is 7.39. The van der Waals surface area contributed by atoms with Gasteiger partial charge >= 0.3 is 0 Å². The lowest BCUT2D eigenvalue weighted by molar-refractivity contribution is -0.134. The van der Waals surface area contributed by atoms with Gasteiger partial charge in [-0.05, 0) is 26.2 Å². The van der Waals surface area contributed by atoms with Crippen LogP contribution in [-0.2, 0) is 9.59 Å². The molecule has 2 amide bonds. The van der Waals surface area contributed by atoms with E-state index >= 15 is 0 Å². The van der Waals surface area contributed by atoms with Gasteiger partial charge in [-0.25, -0.2) is 0 Å². The number of aromatic nitrogens is 1. The Morgan fingerprint density at radius 2 is 2.10 bits per heavy atom. The van der Waals surface area contributed by atoms with Crippen LogP contribution in [0.1, 0.15) is 33.0 Å². The molecule has 7 heteroatoms.